The molecule has 1 aliphatic rings. The molecule has 0 fully saturated rings. The number of alkyl halides is 3. The van der Waals surface area contributed by atoms with Crippen LogP contribution in [0, 0.1) is 0 Å². The SMILES string of the molecule is COC(=O)C=Cc1ccc2c(c1)CCC2N(CCO)Cc1ccc(C(F)(F)F)nc1. The number of pyridine rings is 1. The van der Waals surface area contributed by atoms with Crippen molar-refractivity contribution in [1.82, 2.24) is 9.88 Å². The Morgan fingerprint density at radius 3 is 2.77 bits per heavy atom. The van der Waals surface area contributed by atoms with E-state index < -0.39 is 17.8 Å². The predicted molar refractivity (Wildman–Crippen MR) is 105 cm³/mol. The summed E-state index contributed by atoms with van der Waals surface area (Å²) in [6.45, 7) is 0.731. The maximum Gasteiger partial charge on any atom is 0.433 e. The number of carbonyl (C=O) groups is 1. The molecule has 0 aliphatic heterocycles. The maximum absolute atomic E-state index is 12.7. The predicted octanol–water partition coefficient (Wildman–Crippen LogP) is 3.77. The number of nitrogens with zero attached hydrogens (tertiary/aromatic N) is 2. The number of halogens is 3. The number of hydrogen-bond donors (Lipinski definition) is 1. The Labute approximate surface area is 172 Å². The minimum absolute atomic E-state index is 0.0491. The molecule has 0 spiro atoms. The summed E-state index contributed by atoms with van der Waals surface area (Å²) in [5.74, 6) is -0.423. The molecule has 1 aromatic carbocycles. The van der Waals surface area contributed by atoms with Crippen molar-refractivity contribution in [3.63, 3.8) is 0 Å². The van der Waals surface area contributed by atoms with E-state index in [1.54, 1.807) is 6.08 Å². The molecule has 1 aromatic heterocycles. The summed E-state index contributed by atoms with van der Waals surface area (Å²) in [5, 5.41) is 9.50. The van der Waals surface area contributed by atoms with Gasteiger partial charge in [-0.2, -0.15) is 13.2 Å². The summed E-state index contributed by atoms with van der Waals surface area (Å²) in [6.07, 6.45) is 1.51. The zero-order valence-electron chi connectivity index (χ0n) is 16.5. The number of hydrogen-bond acceptors (Lipinski definition) is 5. The third-order valence-electron chi connectivity index (χ3n) is 5.16. The Kier molecular flexibility index (Phi) is 6.89. The van der Waals surface area contributed by atoms with Gasteiger partial charge in [0.15, 0.2) is 0 Å². The quantitative estimate of drug-likeness (QED) is 0.546. The monoisotopic (exact) mass is 420 g/mol. The molecule has 1 N–H and O–H groups in total. The molecular weight excluding hydrogens is 397 g/mol. The van der Waals surface area contributed by atoms with Crippen LogP contribution < -0.4 is 0 Å². The number of aryl methyl sites for hydroxylation is 1. The number of fused-ring (bicyclic) bond motifs is 1. The maximum atomic E-state index is 12.7. The third kappa shape index (κ3) is 5.25. The van der Waals surface area contributed by atoms with Crippen molar-refractivity contribution in [2.24, 2.45) is 0 Å². The summed E-state index contributed by atoms with van der Waals surface area (Å²) in [4.78, 5) is 16.9. The molecular formula is C22H23F3N2O3. The second-order valence-corrected chi connectivity index (χ2v) is 7.11. The van der Waals surface area contributed by atoms with Gasteiger partial charge in [0.05, 0.1) is 13.7 Å². The zero-order valence-corrected chi connectivity index (χ0v) is 16.5. The van der Waals surface area contributed by atoms with E-state index in [9.17, 15) is 23.1 Å². The highest BCUT2D eigenvalue weighted by molar-refractivity contribution is 5.86. The van der Waals surface area contributed by atoms with Crippen molar-refractivity contribution < 1.29 is 27.8 Å². The molecule has 1 heterocycles. The molecule has 1 atom stereocenters. The van der Waals surface area contributed by atoms with Gasteiger partial charge < -0.3 is 9.84 Å². The lowest BCUT2D eigenvalue weighted by molar-refractivity contribution is -0.141. The van der Waals surface area contributed by atoms with Crippen LogP contribution in [-0.2, 0) is 28.7 Å². The van der Waals surface area contributed by atoms with Crippen LogP contribution in [0.15, 0.2) is 42.6 Å². The van der Waals surface area contributed by atoms with Gasteiger partial charge in [-0.25, -0.2) is 4.79 Å². The van der Waals surface area contributed by atoms with E-state index in [0.29, 0.717) is 18.7 Å². The summed E-state index contributed by atoms with van der Waals surface area (Å²) < 4.78 is 42.8. The van der Waals surface area contributed by atoms with Crippen molar-refractivity contribution in [2.75, 3.05) is 20.3 Å². The Morgan fingerprint density at radius 2 is 2.13 bits per heavy atom. The van der Waals surface area contributed by atoms with Crippen LogP contribution in [0.5, 0.6) is 0 Å². The fourth-order valence-corrected chi connectivity index (χ4v) is 3.72. The molecule has 0 saturated carbocycles. The van der Waals surface area contributed by atoms with Crippen LogP contribution in [0.25, 0.3) is 6.08 Å². The zero-order chi connectivity index (χ0) is 21.7. The first kappa shape index (κ1) is 22.0. The van der Waals surface area contributed by atoms with E-state index in [-0.39, 0.29) is 12.6 Å². The van der Waals surface area contributed by atoms with Crippen LogP contribution in [0.3, 0.4) is 0 Å². The highest BCUT2D eigenvalue weighted by Gasteiger charge is 2.32. The topological polar surface area (TPSA) is 62.7 Å². The second kappa shape index (κ2) is 9.40. The fraction of sp³-hybridized carbons (Fsp3) is 0.364. The Hall–Kier alpha value is -2.71. The van der Waals surface area contributed by atoms with Gasteiger partial charge in [-0.1, -0.05) is 24.3 Å². The summed E-state index contributed by atoms with van der Waals surface area (Å²) >= 11 is 0. The standard InChI is InChI=1S/C22H23F3N2O3/c1-30-21(29)9-4-15-2-6-18-17(12-15)5-7-19(18)27(10-11-28)14-16-3-8-20(26-13-16)22(23,24)25/h2-4,6,8-9,12-13,19,28H,5,7,10-11,14H2,1H3. The van der Waals surface area contributed by atoms with E-state index in [0.717, 1.165) is 35.6 Å². The Morgan fingerprint density at radius 1 is 1.33 bits per heavy atom. The van der Waals surface area contributed by atoms with Crippen molar-refractivity contribution >= 4 is 12.0 Å². The number of methoxy groups -OCH3 is 1. The normalized spacial score (nSPS) is 16.3. The van der Waals surface area contributed by atoms with Crippen LogP contribution in [0.2, 0.25) is 0 Å². The van der Waals surface area contributed by atoms with Gasteiger partial charge in [0.1, 0.15) is 5.69 Å². The van der Waals surface area contributed by atoms with Gasteiger partial charge in [-0.3, -0.25) is 9.88 Å². The van der Waals surface area contributed by atoms with Crippen LogP contribution in [0.1, 0.15) is 40.4 Å². The molecule has 3 rings (SSSR count). The molecule has 0 amide bonds. The molecule has 0 radical (unpaired) electrons. The molecule has 160 valence electrons. The van der Waals surface area contributed by atoms with Gasteiger partial charge in [-0.05, 0) is 47.2 Å². The van der Waals surface area contributed by atoms with Crippen LogP contribution >= 0.6 is 0 Å². The minimum atomic E-state index is -4.46. The lowest BCUT2D eigenvalue weighted by atomic mass is 10.0. The lowest BCUT2D eigenvalue weighted by Gasteiger charge is -2.29. The largest absolute Gasteiger partial charge is 0.466 e. The molecule has 1 unspecified atom stereocenters. The Balaban J connectivity index is 1.76. The van der Waals surface area contributed by atoms with Crippen molar-refractivity contribution in [2.45, 2.75) is 31.6 Å². The summed E-state index contributed by atoms with van der Waals surface area (Å²) in [7, 11) is 1.32. The summed E-state index contributed by atoms with van der Waals surface area (Å²) in [6, 6.07) is 8.39. The number of esters is 1. The molecule has 5 nitrogen and oxygen atoms in total. The van der Waals surface area contributed by atoms with Gasteiger partial charge >= 0.3 is 12.1 Å². The number of benzene rings is 1. The molecule has 0 bridgehead atoms. The first-order valence-corrected chi connectivity index (χ1v) is 9.57. The van der Waals surface area contributed by atoms with E-state index in [1.165, 1.54) is 25.4 Å². The highest BCUT2D eigenvalue weighted by atomic mass is 19.4. The average Bonchev–Trinajstić information content (AvgIpc) is 3.14. The van der Waals surface area contributed by atoms with Crippen molar-refractivity contribution in [3.8, 4) is 0 Å². The minimum Gasteiger partial charge on any atom is -0.466 e. The van der Waals surface area contributed by atoms with E-state index in [2.05, 4.69) is 14.6 Å². The van der Waals surface area contributed by atoms with Gasteiger partial charge in [0.2, 0.25) is 0 Å². The Bertz CT molecular complexity index is 911. The van der Waals surface area contributed by atoms with Crippen molar-refractivity contribution in [1.29, 1.82) is 0 Å². The average molecular weight is 420 g/mol. The van der Waals surface area contributed by atoms with Gasteiger partial charge in [0.25, 0.3) is 0 Å². The number of aliphatic hydroxyl groups is 1. The van der Waals surface area contributed by atoms with Crippen molar-refractivity contribution in [3.05, 3.63) is 70.6 Å². The number of rotatable bonds is 7. The first-order valence-electron chi connectivity index (χ1n) is 9.57. The lowest BCUT2D eigenvalue weighted by Crippen LogP contribution is -2.30. The molecule has 30 heavy (non-hydrogen) atoms. The highest BCUT2D eigenvalue weighted by Crippen LogP contribution is 2.37. The molecule has 2 aromatic rings. The number of aliphatic hydroxyl groups excluding tert-OH is 1. The van der Waals surface area contributed by atoms with E-state index in [1.807, 2.05) is 18.2 Å². The van der Waals surface area contributed by atoms with Crippen LogP contribution in [-0.4, -0.2) is 41.2 Å². The number of ether oxygens (including phenoxy) is 1. The molecule has 0 saturated heterocycles. The van der Waals surface area contributed by atoms with Gasteiger partial charge in [-0.15, -0.1) is 0 Å². The number of aromatic nitrogens is 1. The second-order valence-electron chi connectivity index (χ2n) is 7.11. The molecule has 8 heteroatoms. The van der Waals surface area contributed by atoms with Gasteiger partial charge in [0, 0.05) is 31.4 Å². The fourth-order valence-electron chi connectivity index (χ4n) is 3.72. The van der Waals surface area contributed by atoms with E-state index in [4.69, 9.17) is 0 Å². The van der Waals surface area contributed by atoms with Crippen LogP contribution in [0.4, 0.5) is 13.2 Å². The number of carbonyl (C=O) groups excluding carboxylic acids is 1. The smallest absolute Gasteiger partial charge is 0.433 e. The summed E-state index contributed by atoms with van der Waals surface area (Å²) in [5.41, 5.74) is 2.90. The molecule has 1 aliphatic carbocycles. The first-order chi connectivity index (χ1) is 14.3. The third-order valence-corrected chi connectivity index (χ3v) is 5.16. The van der Waals surface area contributed by atoms with E-state index >= 15 is 0 Å².